The monoisotopic (exact) mass is 250 g/mol. The molecule has 2 aliphatic carbocycles. The van der Waals surface area contributed by atoms with Crippen molar-refractivity contribution in [3.05, 3.63) is 0 Å². The number of carbonyl (C=O) groups is 1. The van der Waals surface area contributed by atoms with Gasteiger partial charge in [-0.2, -0.15) is 0 Å². The third kappa shape index (κ3) is 1.08. The fraction of sp³-hybridized carbons (Fsp3) is 0.933. The van der Waals surface area contributed by atoms with E-state index < -0.39 is 0 Å². The van der Waals surface area contributed by atoms with Gasteiger partial charge in [0.25, 0.3) is 0 Å². The lowest BCUT2D eigenvalue weighted by atomic mass is 9.55. The second kappa shape index (κ2) is 3.12. The van der Waals surface area contributed by atoms with Crippen molar-refractivity contribution in [2.24, 2.45) is 23.7 Å². The first kappa shape index (κ1) is 11.3. The van der Waals surface area contributed by atoms with Gasteiger partial charge in [0.15, 0.2) is 0 Å². The molecule has 4 rings (SSSR count). The molecule has 3 nitrogen and oxygen atoms in total. The molecule has 4 aliphatic rings. The fourth-order valence-electron chi connectivity index (χ4n) is 5.20. The van der Waals surface area contributed by atoms with Crippen molar-refractivity contribution < 1.29 is 14.3 Å². The van der Waals surface area contributed by atoms with Crippen molar-refractivity contribution >= 4 is 5.97 Å². The minimum atomic E-state index is -0.277. The highest BCUT2D eigenvalue weighted by Gasteiger charge is 2.76. The Morgan fingerprint density at radius 2 is 1.94 bits per heavy atom. The third-order valence-corrected chi connectivity index (χ3v) is 6.28. The maximum Gasteiger partial charge on any atom is 0.309 e. The molecule has 100 valence electrons. The van der Waals surface area contributed by atoms with Crippen LogP contribution in [-0.2, 0) is 14.3 Å². The normalized spacial score (nSPS) is 61.5. The molecule has 0 N–H and O–H groups in total. The Labute approximate surface area is 108 Å². The summed E-state index contributed by atoms with van der Waals surface area (Å²) in [6.45, 7) is 6.56. The number of fused-ring (bicyclic) bond motifs is 1. The number of rotatable bonds is 0. The van der Waals surface area contributed by atoms with Gasteiger partial charge < -0.3 is 9.47 Å². The van der Waals surface area contributed by atoms with Crippen molar-refractivity contribution in [2.75, 3.05) is 0 Å². The Balaban J connectivity index is 1.81. The number of carbonyl (C=O) groups excluding carboxylic acids is 1. The molecule has 0 bridgehead atoms. The van der Waals surface area contributed by atoms with Crippen LogP contribution in [0.15, 0.2) is 0 Å². The van der Waals surface area contributed by atoms with Crippen LogP contribution in [0.3, 0.4) is 0 Å². The molecule has 4 fully saturated rings. The number of ether oxygens (including phenoxy) is 2. The summed E-state index contributed by atoms with van der Waals surface area (Å²) in [6, 6.07) is 0. The molecule has 3 heteroatoms. The second-order valence-electron chi connectivity index (χ2n) is 7.18. The topological polar surface area (TPSA) is 38.8 Å². The summed E-state index contributed by atoms with van der Waals surface area (Å²) in [4.78, 5) is 12.1. The lowest BCUT2D eigenvalue weighted by Gasteiger charge is -2.49. The lowest BCUT2D eigenvalue weighted by Crippen LogP contribution is -2.58. The molecule has 1 spiro atoms. The molecule has 0 aromatic heterocycles. The minimum absolute atomic E-state index is 0.00382. The first-order valence-corrected chi connectivity index (χ1v) is 7.40. The highest BCUT2D eigenvalue weighted by atomic mass is 16.7. The first-order chi connectivity index (χ1) is 8.49. The minimum Gasteiger partial charge on any atom is -0.455 e. The molecule has 1 unspecified atom stereocenters. The summed E-state index contributed by atoms with van der Waals surface area (Å²) < 4.78 is 12.0. The van der Waals surface area contributed by atoms with Gasteiger partial charge in [-0.25, -0.2) is 0 Å². The standard InChI is InChI=1S/C15H22O3/c1-8-4-5-11-9(2)12(16)17-15(11)10(8)6-7-14(3)13(15)18-14/h8-11,13H,4-7H2,1-3H3/t8-,9-,10+,11?,13-,14-,15-/m1/s1. The zero-order chi connectivity index (χ0) is 12.7. The van der Waals surface area contributed by atoms with Gasteiger partial charge in [-0.1, -0.05) is 13.8 Å². The van der Waals surface area contributed by atoms with E-state index in [1.807, 2.05) is 6.92 Å². The average Bonchev–Trinajstić information content (AvgIpc) is 2.95. The molecule has 18 heavy (non-hydrogen) atoms. The third-order valence-electron chi connectivity index (χ3n) is 6.28. The Kier molecular flexibility index (Phi) is 1.95. The van der Waals surface area contributed by atoms with Gasteiger partial charge in [-0.3, -0.25) is 4.79 Å². The van der Waals surface area contributed by atoms with Crippen LogP contribution < -0.4 is 0 Å². The van der Waals surface area contributed by atoms with Crippen LogP contribution in [0, 0.1) is 23.7 Å². The molecule has 0 aromatic carbocycles. The Morgan fingerprint density at radius 3 is 2.72 bits per heavy atom. The first-order valence-electron chi connectivity index (χ1n) is 7.40. The molecule has 0 amide bonds. The van der Waals surface area contributed by atoms with E-state index in [9.17, 15) is 4.79 Å². The predicted molar refractivity (Wildman–Crippen MR) is 65.9 cm³/mol. The molecular formula is C15H22O3. The molecular weight excluding hydrogens is 228 g/mol. The summed E-state index contributed by atoms with van der Waals surface area (Å²) in [7, 11) is 0. The van der Waals surface area contributed by atoms with Crippen LogP contribution >= 0.6 is 0 Å². The molecule has 2 aliphatic heterocycles. The zero-order valence-electron chi connectivity index (χ0n) is 11.4. The van der Waals surface area contributed by atoms with Crippen molar-refractivity contribution in [2.45, 2.75) is 63.8 Å². The highest BCUT2D eigenvalue weighted by Crippen LogP contribution is 2.66. The van der Waals surface area contributed by atoms with Gasteiger partial charge in [-0.05, 0) is 38.5 Å². The summed E-state index contributed by atoms with van der Waals surface area (Å²) in [6.07, 6.45) is 4.82. The van der Waals surface area contributed by atoms with Crippen LogP contribution in [0.1, 0.15) is 46.5 Å². The second-order valence-corrected chi connectivity index (χ2v) is 7.18. The zero-order valence-corrected chi connectivity index (χ0v) is 11.4. The van der Waals surface area contributed by atoms with E-state index in [1.54, 1.807) is 0 Å². The van der Waals surface area contributed by atoms with Crippen LogP contribution in [0.25, 0.3) is 0 Å². The van der Waals surface area contributed by atoms with Crippen molar-refractivity contribution in [3.63, 3.8) is 0 Å². The summed E-state index contributed by atoms with van der Waals surface area (Å²) in [5.41, 5.74) is -0.280. The highest BCUT2D eigenvalue weighted by molar-refractivity contribution is 5.76. The van der Waals surface area contributed by atoms with E-state index in [-0.39, 0.29) is 29.2 Å². The molecule has 2 heterocycles. The van der Waals surface area contributed by atoms with Crippen LogP contribution in [0.4, 0.5) is 0 Å². The van der Waals surface area contributed by atoms with Gasteiger partial charge in [0.05, 0.1) is 11.5 Å². The van der Waals surface area contributed by atoms with Crippen molar-refractivity contribution in [1.29, 1.82) is 0 Å². The molecule has 0 aromatic rings. The van der Waals surface area contributed by atoms with E-state index in [1.165, 1.54) is 6.42 Å². The Bertz CT molecular complexity index is 420. The molecule has 7 atom stereocenters. The van der Waals surface area contributed by atoms with E-state index in [0.717, 1.165) is 19.3 Å². The quantitative estimate of drug-likeness (QED) is 0.490. The number of esters is 1. The number of epoxide rings is 1. The van der Waals surface area contributed by atoms with Gasteiger partial charge in [0.1, 0.15) is 11.7 Å². The van der Waals surface area contributed by atoms with Gasteiger partial charge in [0.2, 0.25) is 0 Å². The summed E-state index contributed by atoms with van der Waals surface area (Å²) in [5, 5.41) is 0. The van der Waals surface area contributed by atoms with Gasteiger partial charge in [0, 0.05) is 11.8 Å². The average molecular weight is 250 g/mol. The van der Waals surface area contributed by atoms with Crippen molar-refractivity contribution in [1.82, 2.24) is 0 Å². The number of hydrogen-bond donors (Lipinski definition) is 0. The van der Waals surface area contributed by atoms with E-state index >= 15 is 0 Å². The predicted octanol–water partition coefficient (Wildman–Crippen LogP) is 2.53. The van der Waals surface area contributed by atoms with E-state index in [4.69, 9.17) is 9.47 Å². The molecule has 2 saturated carbocycles. The van der Waals surface area contributed by atoms with Gasteiger partial charge in [-0.15, -0.1) is 0 Å². The summed E-state index contributed by atoms with van der Waals surface area (Å²) >= 11 is 0. The van der Waals surface area contributed by atoms with Crippen LogP contribution in [-0.4, -0.2) is 23.3 Å². The fourth-order valence-corrected chi connectivity index (χ4v) is 5.20. The smallest absolute Gasteiger partial charge is 0.309 e. The summed E-state index contributed by atoms with van der Waals surface area (Å²) in [5.74, 6) is 1.64. The lowest BCUT2D eigenvalue weighted by molar-refractivity contribution is -0.168. The van der Waals surface area contributed by atoms with Crippen LogP contribution in [0.2, 0.25) is 0 Å². The maximum atomic E-state index is 12.1. The number of hydrogen-bond acceptors (Lipinski definition) is 3. The van der Waals surface area contributed by atoms with Crippen molar-refractivity contribution in [3.8, 4) is 0 Å². The Morgan fingerprint density at radius 1 is 1.17 bits per heavy atom. The SMILES string of the molecule is C[C@@H]1CCC2[C@@H](C)C(=O)O[C@]23[C@H]1CC[C@@]1(C)O[C@@H]31. The molecule has 2 saturated heterocycles. The Hall–Kier alpha value is -0.570. The van der Waals surface area contributed by atoms with E-state index in [0.29, 0.717) is 17.8 Å². The van der Waals surface area contributed by atoms with Crippen LogP contribution in [0.5, 0.6) is 0 Å². The van der Waals surface area contributed by atoms with E-state index in [2.05, 4.69) is 13.8 Å². The molecule has 0 radical (unpaired) electrons. The largest absolute Gasteiger partial charge is 0.455 e. The van der Waals surface area contributed by atoms with Gasteiger partial charge >= 0.3 is 5.97 Å². The maximum absolute atomic E-state index is 12.1.